The first kappa shape index (κ1) is 18.6. The minimum absolute atomic E-state index is 0.00730. The molecule has 0 fully saturated rings. The molecular formula is C25H23N3O2. The van der Waals surface area contributed by atoms with Crippen LogP contribution < -0.4 is 0 Å². The lowest BCUT2D eigenvalue weighted by atomic mass is 10.1. The molecule has 0 N–H and O–H groups in total. The maximum Gasteiger partial charge on any atom is 0.218 e. The zero-order chi connectivity index (χ0) is 20.5. The van der Waals surface area contributed by atoms with Crippen molar-refractivity contribution in [1.29, 1.82) is 0 Å². The summed E-state index contributed by atoms with van der Waals surface area (Å²) in [6.45, 7) is 5.04. The van der Waals surface area contributed by atoms with Crippen molar-refractivity contribution < 1.29 is 9.47 Å². The molecular weight excluding hydrogens is 374 g/mol. The average Bonchev–Trinajstić information content (AvgIpc) is 3.46. The molecule has 3 aromatic rings. The van der Waals surface area contributed by atoms with Crippen molar-refractivity contribution in [2.24, 2.45) is 9.98 Å². The first-order valence-electron chi connectivity index (χ1n) is 10.2. The standard InChI is InChI=1S/C25H23N3O2/c1-16-20(24-27-22(14-29-24)18-9-5-3-6-10-18)13-21(17(2)26-16)25-28-23(15-30-25)19-11-7-4-8-12-19/h3-13,22-23H,14-15H2,1-2H3/t22-,23-/m0/s1. The molecule has 0 radical (unpaired) electrons. The molecule has 5 rings (SSSR count). The first-order valence-corrected chi connectivity index (χ1v) is 10.2. The fraction of sp³-hybridized carbons (Fsp3) is 0.240. The number of benzene rings is 2. The summed E-state index contributed by atoms with van der Waals surface area (Å²) in [7, 11) is 0. The Balaban J connectivity index is 1.47. The average molecular weight is 397 g/mol. The summed E-state index contributed by atoms with van der Waals surface area (Å²) in [4.78, 5) is 14.4. The van der Waals surface area contributed by atoms with Gasteiger partial charge in [-0.1, -0.05) is 60.7 Å². The number of aryl methyl sites for hydroxylation is 2. The van der Waals surface area contributed by atoms with Gasteiger partial charge in [0.2, 0.25) is 11.8 Å². The Morgan fingerprint density at radius 2 is 1.10 bits per heavy atom. The molecule has 2 aliphatic heterocycles. The Morgan fingerprint density at radius 1 is 0.667 bits per heavy atom. The minimum atomic E-state index is 0.00730. The molecule has 0 spiro atoms. The Kier molecular flexibility index (Phi) is 4.79. The number of hydrogen-bond acceptors (Lipinski definition) is 5. The fourth-order valence-electron chi connectivity index (χ4n) is 3.89. The molecule has 0 unspecified atom stereocenters. The number of nitrogens with zero attached hydrogens (tertiary/aromatic N) is 3. The van der Waals surface area contributed by atoms with E-state index in [-0.39, 0.29) is 12.1 Å². The molecule has 0 amide bonds. The topological polar surface area (TPSA) is 56.1 Å². The highest BCUT2D eigenvalue weighted by atomic mass is 16.5. The molecule has 0 saturated heterocycles. The highest BCUT2D eigenvalue weighted by Gasteiger charge is 2.27. The van der Waals surface area contributed by atoms with Crippen molar-refractivity contribution in [1.82, 2.24) is 4.98 Å². The van der Waals surface area contributed by atoms with Gasteiger partial charge in [0.05, 0.1) is 22.5 Å². The Bertz CT molecular complexity index is 1040. The smallest absolute Gasteiger partial charge is 0.218 e. The van der Waals surface area contributed by atoms with E-state index < -0.39 is 0 Å². The molecule has 2 aromatic carbocycles. The van der Waals surface area contributed by atoms with Gasteiger partial charge < -0.3 is 9.47 Å². The molecule has 30 heavy (non-hydrogen) atoms. The van der Waals surface area contributed by atoms with Crippen molar-refractivity contribution in [2.75, 3.05) is 13.2 Å². The van der Waals surface area contributed by atoms with E-state index in [9.17, 15) is 0 Å². The highest BCUT2D eigenvalue weighted by Crippen LogP contribution is 2.29. The molecule has 5 nitrogen and oxygen atoms in total. The highest BCUT2D eigenvalue weighted by molar-refractivity contribution is 6.01. The summed E-state index contributed by atoms with van der Waals surface area (Å²) in [5, 5.41) is 0. The molecule has 2 aliphatic rings. The van der Waals surface area contributed by atoms with Crippen LogP contribution in [0, 0.1) is 13.8 Å². The van der Waals surface area contributed by atoms with Gasteiger partial charge in [-0.3, -0.25) is 4.98 Å². The van der Waals surface area contributed by atoms with E-state index in [0.717, 1.165) is 33.6 Å². The number of ether oxygens (including phenoxy) is 2. The van der Waals surface area contributed by atoms with E-state index >= 15 is 0 Å². The first-order chi connectivity index (χ1) is 14.7. The van der Waals surface area contributed by atoms with Crippen LogP contribution in [-0.4, -0.2) is 30.0 Å². The van der Waals surface area contributed by atoms with Crippen molar-refractivity contribution in [3.8, 4) is 0 Å². The zero-order valence-electron chi connectivity index (χ0n) is 17.1. The number of pyridine rings is 1. The zero-order valence-corrected chi connectivity index (χ0v) is 17.1. The lowest BCUT2D eigenvalue weighted by Gasteiger charge is -2.11. The van der Waals surface area contributed by atoms with Crippen LogP contribution in [0.3, 0.4) is 0 Å². The second-order valence-corrected chi connectivity index (χ2v) is 7.60. The Hall–Kier alpha value is -3.47. The third kappa shape index (κ3) is 3.47. The van der Waals surface area contributed by atoms with Crippen molar-refractivity contribution in [3.63, 3.8) is 0 Å². The number of aliphatic imine (C=N–C) groups is 2. The number of rotatable bonds is 4. The van der Waals surface area contributed by atoms with Crippen LogP contribution in [-0.2, 0) is 9.47 Å². The van der Waals surface area contributed by atoms with Gasteiger partial charge in [-0.05, 0) is 31.0 Å². The molecule has 3 heterocycles. The lowest BCUT2D eigenvalue weighted by Crippen LogP contribution is -2.12. The maximum absolute atomic E-state index is 5.96. The molecule has 0 aliphatic carbocycles. The van der Waals surface area contributed by atoms with Crippen LogP contribution >= 0.6 is 0 Å². The quantitative estimate of drug-likeness (QED) is 0.639. The predicted octanol–water partition coefficient (Wildman–Crippen LogP) is 4.73. The van der Waals surface area contributed by atoms with Crippen LogP contribution in [0.5, 0.6) is 0 Å². The van der Waals surface area contributed by atoms with E-state index in [1.54, 1.807) is 0 Å². The van der Waals surface area contributed by atoms with Gasteiger partial charge in [-0.25, -0.2) is 9.98 Å². The number of hydrogen-bond donors (Lipinski definition) is 0. The molecule has 2 atom stereocenters. The van der Waals surface area contributed by atoms with E-state index in [0.29, 0.717) is 25.0 Å². The normalized spacial score (nSPS) is 20.3. The number of aromatic nitrogens is 1. The lowest BCUT2D eigenvalue weighted by molar-refractivity contribution is 0.318. The van der Waals surface area contributed by atoms with Gasteiger partial charge in [0.25, 0.3) is 0 Å². The largest absolute Gasteiger partial charge is 0.475 e. The maximum atomic E-state index is 5.96. The van der Waals surface area contributed by atoms with Crippen LogP contribution in [0.1, 0.15) is 45.7 Å². The third-order valence-electron chi connectivity index (χ3n) is 5.54. The minimum Gasteiger partial charge on any atom is -0.475 e. The van der Waals surface area contributed by atoms with Gasteiger partial charge in [0.15, 0.2) is 0 Å². The van der Waals surface area contributed by atoms with E-state index in [1.807, 2.05) is 50.2 Å². The summed E-state index contributed by atoms with van der Waals surface area (Å²) >= 11 is 0. The molecule has 1 aromatic heterocycles. The van der Waals surface area contributed by atoms with Crippen LogP contribution in [0.25, 0.3) is 0 Å². The van der Waals surface area contributed by atoms with Crippen molar-refractivity contribution >= 4 is 11.8 Å². The summed E-state index contributed by atoms with van der Waals surface area (Å²) < 4.78 is 11.9. The second-order valence-electron chi connectivity index (χ2n) is 7.60. The fourth-order valence-corrected chi connectivity index (χ4v) is 3.89. The van der Waals surface area contributed by atoms with Crippen LogP contribution in [0.15, 0.2) is 76.7 Å². The summed E-state index contributed by atoms with van der Waals surface area (Å²) in [6.07, 6.45) is 0. The molecule has 5 heteroatoms. The summed E-state index contributed by atoms with van der Waals surface area (Å²) in [6, 6.07) is 22.5. The predicted molar refractivity (Wildman–Crippen MR) is 117 cm³/mol. The van der Waals surface area contributed by atoms with Crippen molar-refractivity contribution in [3.05, 3.63) is 100 Å². The van der Waals surface area contributed by atoms with E-state index in [4.69, 9.17) is 24.4 Å². The van der Waals surface area contributed by atoms with Gasteiger partial charge >= 0.3 is 0 Å². The molecule has 0 bridgehead atoms. The Morgan fingerprint density at radius 3 is 1.53 bits per heavy atom. The molecule has 0 saturated carbocycles. The summed E-state index contributed by atoms with van der Waals surface area (Å²) in [5.74, 6) is 1.27. The second kappa shape index (κ2) is 7.75. The van der Waals surface area contributed by atoms with Gasteiger partial charge in [0.1, 0.15) is 25.3 Å². The van der Waals surface area contributed by atoms with Gasteiger partial charge in [-0.2, -0.15) is 0 Å². The van der Waals surface area contributed by atoms with Crippen LogP contribution in [0.4, 0.5) is 0 Å². The van der Waals surface area contributed by atoms with E-state index in [2.05, 4.69) is 30.3 Å². The van der Waals surface area contributed by atoms with E-state index in [1.165, 1.54) is 0 Å². The monoisotopic (exact) mass is 397 g/mol. The SMILES string of the molecule is Cc1nc(C)c(C2=N[C@H](c3ccccc3)CO2)cc1C1=N[C@H](c2ccccc2)CO1. The molecule has 150 valence electrons. The Labute approximate surface area is 176 Å². The van der Waals surface area contributed by atoms with Gasteiger partial charge in [0, 0.05) is 0 Å². The third-order valence-corrected chi connectivity index (χ3v) is 5.54. The summed E-state index contributed by atoms with van der Waals surface area (Å²) in [5.41, 5.74) is 5.87. The van der Waals surface area contributed by atoms with Crippen LogP contribution in [0.2, 0.25) is 0 Å². The van der Waals surface area contributed by atoms with Gasteiger partial charge in [-0.15, -0.1) is 0 Å². The van der Waals surface area contributed by atoms with Crippen molar-refractivity contribution in [2.45, 2.75) is 25.9 Å².